The van der Waals surface area contributed by atoms with Crippen LogP contribution < -0.4 is 10.7 Å². The monoisotopic (exact) mass is 523 g/mol. The molecule has 2 aromatic carbocycles. The van der Waals surface area contributed by atoms with E-state index < -0.39 is 59.2 Å². The summed E-state index contributed by atoms with van der Waals surface area (Å²) >= 11 is 0. The van der Waals surface area contributed by atoms with Gasteiger partial charge >= 0.3 is 17.9 Å². The number of carbonyl (C=O) groups excluding carboxylic acids is 2. The molecule has 1 N–H and O–H groups in total. The van der Waals surface area contributed by atoms with E-state index in [0.29, 0.717) is 23.0 Å². The zero-order valence-corrected chi connectivity index (χ0v) is 19.6. The first kappa shape index (κ1) is 25.9. The topological polar surface area (TPSA) is 105 Å². The van der Waals surface area contributed by atoms with Crippen molar-refractivity contribution in [3.05, 3.63) is 75.7 Å². The smallest absolute Gasteiger partial charge is 0.419 e. The molecule has 0 saturated heterocycles. The Morgan fingerprint density at radius 1 is 1.16 bits per heavy atom. The van der Waals surface area contributed by atoms with E-state index in [1.807, 2.05) is 0 Å². The summed E-state index contributed by atoms with van der Waals surface area (Å²) in [6, 6.07) is 6.97. The molecule has 1 aliphatic rings. The molecule has 3 aromatic rings. The quantitative estimate of drug-likeness (QED) is 0.300. The zero-order chi connectivity index (χ0) is 27.1. The lowest BCUT2D eigenvalue weighted by molar-refractivity contribution is -0.149. The second-order valence-electron chi connectivity index (χ2n) is 7.99. The van der Waals surface area contributed by atoms with Crippen molar-refractivity contribution < 1.29 is 41.4 Å². The number of ether oxygens (including phenoxy) is 1. The van der Waals surface area contributed by atoms with Gasteiger partial charge in [-0.2, -0.15) is 13.2 Å². The molecule has 0 fully saturated rings. The molecule has 1 amide bonds. The lowest BCUT2D eigenvalue weighted by Gasteiger charge is -2.39. The fourth-order valence-electron chi connectivity index (χ4n) is 4.10. The third-order valence-electron chi connectivity index (χ3n) is 5.77. The Labute approximate surface area is 206 Å². The minimum Gasteiger partial charge on any atom is -0.462 e. The minimum atomic E-state index is -5.08. The molecule has 2 heterocycles. The van der Waals surface area contributed by atoms with Crippen molar-refractivity contribution in [1.29, 1.82) is 0 Å². The predicted molar refractivity (Wildman–Crippen MR) is 121 cm³/mol. The third-order valence-corrected chi connectivity index (χ3v) is 5.77. The molecule has 196 valence electrons. The molecule has 0 aliphatic carbocycles. The first-order valence-corrected chi connectivity index (χ1v) is 11.1. The molecule has 37 heavy (non-hydrogen) atoms. The van der Waals surface area contributed by atoms with E-state index in [2.05, 4.69) is 0 Å². The van der Waals surface area contributed by atoms with E-state index in [4.69, 9.17) is 9.15 Å². The van der Waals surface area contributed by atoms with Gasteiger partial charge in [-0.05, 0) is 37.6 Å². The van der Waals surface area contributed by atoms with Crippen molar-refractivity contribution in [2.24, 2.45) is 0 Å². The van der Waals surface area contributed by atoms with E-state index >= 15 is 0 Å². The number of esters is 1. The number of fused-ring (bicyclic) bond motifs is 1. The van der Waals surface area contributed by atoms with Crippen molar-refractivity contribution >= 4 is 28.7 Å². The number of aliphatic hydroxyl groups excluding tert-OH is 1. The summed E-state index contributed by atoms with van der Waals surface area (Å²) in [5.74, 6) is -4.37. The third kappa shape index (κ3) is 4.69. The second-order valence-corrected chi connectivity index (χ2v) is 7.99. The Morgan fingerprint density at radius 3 is 2.54 bits per heavy atom. The molecule has 9 nitrogen and oxygen atoms in total. The van der Waals surface area contributed by atoms with Gasteiger partial charge in [0.2, 0.25) is 6.35 Å². The predicted octanol–water partition coefficient (Wildman–Crippen LogP) is 3.34. The molecule has 0 saturated carbocycles. The summed E-state index contributed by atoms with van der Waals surface area (Å²) in [5, 5.41) is 11.0. The normalized spacial score (nSPS) is 16.4. The maximum atomic E-state index is 14.1. The van der Waals surface area contributed by atoms with Crippen LogP contribution in [0.5, 0.6) is 0 Å². The summed E-state index contributed by atoms with van der Waals surface area (Å²) in [7, 11) is 0. The van der Waals surface area contributed by atoms with Gasteiger partial charge in [0.05, 0.1) is 24.2 Å². The highest BCUT2D eigenvalue weighted by Gasteiger charge is 2.41. The van der Waals surface area contributed by atoms with Crippen LogP contribution in [0.15, 0.2) is 57.4 Å². The summed E-state index contributed by atoms with van der Waals surface area (Å²) < 4.78 is 66.3. The van der Waals surface area contributed by atoms with E-state index in [1.165, 1.54) is 29.7 Å². The molecule has 13 heteroatoms. The first-order valence-electron chi connectivity index (χ1n) is 11.1. The first-order chi connectivity index (χ1) is 17.5. The highest BCUT2D eigenvalue weighted by atomic mass is 19.4. The van der Waals surface area contributed by atoms with Crippen LogP contribution in [0.1, 0.15) is 25.0 Å². The molecular formula is C24H21F4N3O6. The van der Waals surface area contributed by atoms with Crippen LogP contribution in [0.2, 0.25) is 0 Å². The summed E-state index contributed by atoms with van der Waals surface area (Å²) in [6.45, 7) is 2.56. The molecule has 1 atom stereocenters. The number of alkyl halides is 3. The van der Waals surface area contributed by atoms with Gasteiger partial charge in [-0.1, -0.05) is 12.1 Å². The van der Waals surface area contributed by atoms with Crippen LogP contribution >= 0.6 is 0 Å². The number of aromatic nitrogens is 1. The standard InChI is InChI=1S/C24H21F4N3O6/c1-3-29-17-9-8-14(10-18(17)37-23(29)35)30-12-15(21(33)36-4-2)20(32)31(22(30)34)11-13-6-5-7-16(25)19(13)24(26,27)28/h5-10,12,22,34H,3-4,11H2,1-2H3. The van der Waals surface area contributed by atoms with Gasteiger partial charge in [0.15, 0.2) is 5.58 Å². The number of anilines is 1. The number of oxazole rings is 1. The van der Waals surface area contributed by atoms with Crippen LogP contribution in [0.3, 0.4) is 0 Å². The van der Waals surface area contributed by atoms with Crippen molar-refractivity contribution in [1.82, 2.24) is 9.47 Å². The van der Waals surface area contributed by atoms with Crippen LogP contribution in [-0.2, 0) is 33.6 Å². The highest BCUT2D eigenvalue weighted by Crippen LogP contribution is 2.36. The molecule has 0 radical (unpaired) electrons. The van der Waals surface area contributed by atoms with Gasteiger partial charge in [-0.15, -0.1) is 0 Å². The molecule has 1 unspecified atom stereocenters. The van der Waals surface area contributed by atoms with Crippen molar-refractivity contribution in [2.75, 3.05) is 11.5 Å². The van der Waals surface area contributed by atoms with E-state index in [1.54, 1.807) is 6.92 Å². The van der Waals surface area contributed by atoms with Crippen LogP contribution in [0.25, 0.3) is 11.1 Å². The van der Waals surface area contributed by atoms with Crippen molar-refractivity contribution in [2.45, 2.75) is 39.5 Å². The Morgan fingerprint density at radius 2 is 1.89 bits per heavy atom. The summed E-state index contributed by atoms with van der Waals surface area (Å²) in [5.41, 5.74) is -2.09. The van der Waals surface area contributed by atoms with Gasteiger partial charge in [-0.3, -0.25) is 14.3 Å². The SMILES string of the molecule is CCOC(=O)C1=CN(c2ccc3c(c2)oc(=O)n3CC)C(O)N(Cc2cccc(F)c2C(F)(F)F)C1=O. The average Bonchev–Trinajstić information content (AvgIpc) is 3.15. The number of halogens is 4. The fourth-order valence-corrected chi connectivity index (χ4v) is 4.10. The minimum absolute atomic E-state index is 0.101. The summed E-state index contributed by atoms with van der Waals surface area (Å²) in [4.78, 5) is 39.3. The molecule has 0 bridgehead atoms. The van der Waals surface area contributed by atoms with Crippen molar-refractivity contribution in [3.63, 3.8) is 0 Å². The van der Waals surface area contributed by atoms with Gasteiger partial charge in [0.1, 0.15) is 11.4 Å². The van der Waals surface area contributed by atoms with Crippen LogP contribution in [0, 0.1) is 5.82 Å². The lowest BCUT2D eigenvalue weighted by Crippen LogP contribution is -2.54. The fraction of sp³-hybridized carbons (Fsp3) is 0.292. The molecule has 4 rings (SSSR count). The number of hydrogen-bond donors (Lipinski definition) is 1. The van der Waals surface area contributed by atoms with Gasteiger partial charge in [0.25, 0.3) is 5.91 Å². The number of hydrogen-bond acceptors (Lipinski definition) is 7. The Hall–Kier alpha value is -4.13. The van der Waals surface area contributed by atoms with Gasteiger partial charge in [0, 0.05) is 24.5 Å². The zero-order valence-electron chi connectivity index (χ0n) is 19.6. The van der Waals surface area contributed by atoms with Gasteiger partial charge in [-0.25, -0.2) is 14.0 Å². The number of rotatable bonds is 6. The number of amides is 1. The molecule has 1 aromatic heterocycles. The maximum Gasteiger partial charge on any atom is 0.419 e. The Bertz CT molecular complexity index is 1460. The number of nitrogens with zero attached hydrogens (tertiary/aromatic N) is 3. The van der Waals surface area contributed by atoms with Crippen molar-refractivity contribution in [3.8, 4) is 0 Å². The largest absolute Gasteiger partial charge is 0.462 e. The van der Waals surface area contributed by atoms with Crippen LogP contribution in [-0.4, -0.2) is 39.4 Å². The lowest BCUT2D eigenvalue weighted by atomic mass is 10.0. The average molecular weight is 523 g/mol. The number of carbonyl (C=O) groups is 2. The van der Waals surface area contributed by atoms with E-state index in [9.17, 15) is 37.1 Å². The summed E-state index contributed by atoms with van der Waals surface area (Å²) in [6.07, 6.45) is -6.00. The number of benzene rings is 2. The second kappa shape index (κ2) is 9.73. The van der Waals surface area contributed by atoms with E-state index in [-0.39, 0.29) is 17.9 Å². The maximum absolute atomic E-state index is 14.1. The van der Waals surface area contributed by atoms with E-state index in [0.717, 1.165) is 23.2 Å². The molecule has 0 spiro atoms. The Kier molecular flexibility index (Phi) is 6.82. The number of aryl methyl sites for hydroxylation is 1. The highest BCUT2D eigenvalue weighted by molar-refractivity contribution is 6.17. The van der Waals surface area contributed by atoms with Gasteiger partial charge < -0.3 is 19.2 Å². The Balaban J connectivity index is 1.81. The molecule has 1 aliphatic heterocycles. The van der Waals surface area contributed by atoms with Crippen LogP contribution in [0.4, 0.5) is 23.2 Å². The number of aliphatic hydroxyl groups is 1. The molecular weight excluding hydrogens is 502 g/mol.